The van der Waals surface area contributed by atoms with Crippen LogP contribution in [0.15, 0.2) is 17.5 Å². The molecule has 4 atom stereocenters. The first-order valence-corrected chi connectivity index (χ1v) is 12.2. The Morgan fingerprint density at radius 3 is 2.45 bits per heavy atom. The van der Waals surface area contributed by atoms with Crippen LogP contribution in [0.3, 0.4) is 0 Å². The number of aliphatic imine (C=N–C) groups is 1. The topological polar surface area (TPSA) is 278 Å². The van der Waals surface area contributed by atoms with E-state index in [9.17, 15) is 29.1 Å². The number of amides is 4. The van der Waals surface area contributed by atoms with E-state index < -0.39 is 53.8 Å². The van der Waals surface area contributed by atoms with E-state index in [0.717, 1.165) is 0 Å². The van der Waals surface area contributed by atoms with Gasteiger partial charge in [-0.05, 0) is 32.1 Å². The molecular weight excluding hydrogens is 500 g/mol. The maximum absolute atomic E-state index is 13.4. The van der Waals surface area contributed by atoms with Crippen LogP contribution in [0.25, 0.3) is 0 Å². The van der Waals surface area contributed by atoms with Crippen molar-refractivity contribution in [2.24, 2.45) is 27.9 Å². The summed E-state index contributed by atoms with van der Waals surface area (Å²) in [6.45, 7) is 0.416. The van der Waals surface area contributed by atoms with Crippen molar-refractivity contribution < 1.29 is 29.1 Å². The van der Waals surface area contributed by atoms with Gasteiger partial charge < -0.3 is 48.6 Å². The van der Waals surface area contributed by atoms with E-state index in [1.54, 1.807) is 0 Å². The average molecular weight is 537 g/mol. The van der Waals surface area contributed by atoms with Crippen LogP contribution in [0.5, 0.6) is 0 Å². The molecule has 1 aromatic heterocycles. The molecule has 0 bridgehead atoms. The Kier molecular flexibility index (Phi) is 11.5. The Bertz CT molecular complexity index is 1010. The second kappa shape index (κ2) is 14.5. The van der Waals surface area contributed by atoms with E-state index >= 15 is 0 Å². The number of hydrogen-bond acceptors (Lipinski definition) is 8. The lowest BCUT2D eigenvalue weighted by atomic mass is 10.1. The first kappa shape index (κ1) is 30.0. The van der Waals surface area contributed by atoms with Crippen molar-refractivity contribution in [3.05, 3.63) is 18.2 Å². The molecule has 16 heteroatoms. The molecule has 1 saturated heterocycles. The van der Waals surface area contributed by atoms with Crippen LogP contribution >= 0.6 is 0 Å². The number of aromatic amines is 1. The van der Waals surface area contributed by atoms with Gasteiger partial charge in [0.1, 0.15) is 18.1 Å². The number of H-pyrrole nitrogens is 1. The molecule has 2 heterocycles. The Hall–Kier alpha value is -4.21. The minimum atomic E-state index is -1.14. The summed E-state index contributed by atoms with van der Waals surface area (Å²) in [4.78, 5) is 73.9. The summed E-state index contributed by atoms with van der Waals surface area (Å²) < 4.78 is 0. The van der Waals surface area contributed by atoms with Gasteiger partial charge in [0.15, 0.2) is 5.96 Å². The predicted octanol–water partition coefficient (Wildman–Crippen LogP) is -3.36. The molecule has 1 aromatic rings. The number of guanidine groups is 1. The van der Waals surface area contributed by atoms with E-state index in [4.69, 9.17) is 22.9 Å². The minimum absolute atomic E-state index is 0.0141. The van der Waals surface area contributed by atoms with Crippen molar-refractivity contribution in [3.8, 4) is 0 Å². The van der Waals surface area contributed by atoms with Gasteiger partial charge in [0.2, 0.25) is 23.6 Å². The van der Waals surface area contributed by atoms with E-state index in [2.05, 4.69) is 25.6 Å². The standard InChI is InChI=1S/C22H36N10O6/c23-13(5-6-17(24)33)18(34)30-14(3-1-7-28-22(25)26)19(35)31-15(9-12-10-27-11-29-12)20(36)32-8-2-4-16(32)21(37)38/h10-11,13-16H,1-9,23H2,(H2,24,33)(H,27,29)(H,30,34)(H,31,35)(H,37,38)(H4,25,26,28). The third-order valence-corrected chi connectivity index (χ3v) is 6.03. The SMILES string of the molecule is NC(=O)CCC(N)C(=O)NC(CCCN=C(N)N)C(=O)NC(Cc1cnc[nH]1)C(=O)N1CCCC1C(=O)O. The number of likely N-dealkylation sites (tertiary alicyclic amines) is 1. The lowest BCUT2D eigenvalue weighted by molar-refractivity contribution is -0.149. The van der Waals surface area contributed by atoms with Gasteiger partial charge in [-0.3, -0.25) is 24.2 Å². The lowest BCUT2D eigenvalue weighted by Gasteiger charge is -2.29. The molecule has 0 radical (unpaired) electrons. The number of nitrogens with two attached hydrogens (primary N) is 4. The molecule has 12 N–H and O–H groups in total. The summed E-state index contributed by atoms with van der Waals surface area (Å²) in [5, 5.41) is 14.7. The maximum atomic E-state index is 13.4. The van der Waals surface area contributed by atoms with Crippen molar-refractivity contribution >= 4 is 35.6 Å². The number of carbonyl (C=O) groups excluding carboxylic acids is 4. The average Bonchev–Trinajstić information content (AvgIpc) is 3.55. The zero-order valence-electron chi connectivity index (χ0n) is 21.0. The fourth-order valence-corrected chi connectivity index (χ4v) is 4.06. The van der Waals surface area contributed by atoms with Crippen LogP contribution in [-0.4, -0.2) is 92.8 Å². The highest BCUT2D eigenvalue weighted by Crippen LogP contribution is 2.19. The van der Waals surface area contributed by atoms with Gasteiger partial charge in [0.05, 0.1) is 12.4 Å². The van der Waals surface area contributed by atoms with Gasteiger partial charge in [-0.1, -0.05) is 0 Å². The van der Waals surface area contributed by atoms with Gasteiger partial charge in [-0.15, -0.1) is 0 Å². The molecule has 16 nitrogen and oxygen atoms in total. The van der Waals surface area contributed by atoms with Gasteiger partial charge >= 0.3 is 5.97 Å². The van der Waals surface area contributed by atoms with Gasteiger partial charge in [0, 0.05) is 37.8 Å². The minimum Gasteiger partial charge on any atom is -0.480 e. The normalized spacial score (nSPS) is 17.2. The van der Waals surface area contributed by atoms with E-state index in [-0.39, 0.29) is 44.7 Å². The number of aromatic nitrogens is 2. The fraction of sp³-hybridized carbons (Fsp3) is 0.591. The number of carbonyl (C=O) groups is 5. The summed E-state index contributed by atoms with van der Waals surface area (Å²) in [6.07, 6.45) is 4.00. The van der Waals surface area contributed by atoms with Crippen LogP contribution in [0.4, 0.5) is 0 Å². The third-order valence-electron chi connectivity index (χ3n) is 6.03. The molecular formula is C22H36N10O6. The molecule has 1 aliphatic rings. The maximum Gasteiger partial charge on any atom is 0.326 e. The number of rotatable bonds is 15. The van der Waals surface area contributed by atoms with Crippen LogP contribution < -0.4 is 33.6 Å². The number of imidazole rings is 1. The highest BCUT2D eigenvalue weighted by atomic mass is 16.4. The molecule has 2 rings (SSSR count). The molecule has 1 aliphatic heterocycles. The summed E-state index contributed by atoms with van der Waals surface area (Å²) in [5.74, 6) is -3.82. The highest BCUT2D eigenvalue weighted by Gasteiger charge is 2.38. The summed E-state index contributed by atoms with van der Waals surface area (Å²) >= 11 is 0. The number of primary amides is 1. The molecule has 38 heavy (non-hydrogen) atoms. The molecule has 4 unspecified atom stereocenters. The highest BCUT2D eigenvalue weighted by molar-refractivity contribution is 5.94. The molecule has 4 amide bonds. The van der Waals surface area contributed by atoms with E-state index in [1.165, 1.54) is 17.4 Å². The third kappa shape index (κ3) is 9.34. The Balaban J connectivity index is 2.20. The van der Waals surface area contributed by atoms with Crippen LogP contribution in [-0.2, 0) is 30.4 Å². The number of carboxylic acid groups (broad SMARTS) is 1. The first-order valence-electron chi connectivity index (χ1n) is 12.2. The summed E-state index contributed by atoms with van der Waals surface area (Å²) in [5.41, 5.74) is 22.2. The smallest absolute Gasteiger partial charge is 0.326 e. The van der Waals surface area contributed by atoms with Crippen molar-refractivity contribution in [2.45, 2.75) is 69.1 Å². The molecule has 0 aromatic carbocycles. The van der Waals surface area contributed by atoms with Crippen molar-refractivity contribution in [3.63, 3.8) is 0 Å². The monoisotopic (exact) mass is 536 g/mol. The second-order valence-corrected chi connectivity index (χ2v) is 8.99. The molecule has 0 aliphatic carbocycles. The molecule has 1 fully saturated rings. The van der Waals surface area contributed by atoms with E-state index in [0.29, 0.717) is 25.0 Å². The van der Waals surface area contributed by atoms with Crippen molar-refractivity contribution in [1.29, 1.82) is 0 Å². The Labute approximate surface area is 219 Å². The Morgan fingerprint density at radius 2 is 1.84 bits per heavy atom. The van der Waals surface area contributed by atoms with Crippen LogP contribution in [0.2, 0.25) is 0 Å². The number of hydrogen-bond donors (Lipinski definition) is 8. The lowest BCUT2D eigenvalue weighted by Crippen LogP contribution is -2.57. The van der Waals surface area contributed by atoms with E-state index in [1.807, 2.05) is 0 Å². The van der Waals surface area contributed by atoms with Gasteiger partial charge in [0.25, 0.3) is 0 Å². The van der Waals surface area contributed by atoms with Gasteiger partial charge in [-0.25, -0.2) is 9.78 Å². The molecule has 0 spiro atoms. The quantitative estimate of drug-likeness (QED) is 0.0626. The number of aliphatic carboxylic acids is 1. The Morgan fingerprint density at radius 1 is 1.13 bits per heavy atom. The molecule has 0 saturated carbocycles. The zero-order valence-corrected chi connectivity index (χ0v) is 21.0. The number of nitrogens with zero attached hydrogens (tertiary/aromatic N) is 3. The number of carboxylic acids is 1. The molecule has 210 valence electrons. The first-order chi connectivity index (χ1) is 18.0. The van der Waals surface area contributed by atoms with Gasteiger partial charge in [-0.2, -0.15) is 0 Å². The van der Waals surface area contributed by atoms with Crippen LogP contribution in [0.1, 0.15) is 44.2 Å². The second-order valence-electron chi connectivity index (χ2n) is 8.99. The summed E-state index contributed by atoms with van der Waals surface area (Å²) in [6, 6.07) is -4.35. The summed E-state index contributed by atoms with van der Waals surface area (Å²) in [7, 11) is 0. The zero-order chi connectivity index (χ0) is 28.2. The predicted molar refractivity (Wildman–Crippen MR) is 135 cm³/mol. The van der Waals surface area contributed by atoms with Crippen molar-refractivity contribution in [1.82, 2.24) is 25.5 Å². The van der Waals surface area contributed by atoms with Crippen LogP contribution in [0, 0.1) is 0 Å². The van der Waals surface area contributed by atoms with Crippen molar-refractivity contribution in [2.75, 3.05) is 13.1 Å². The number of nitrogens with one attached hydrogen (secondary N) is 3. The fourth-order valence-electron chi connectivity index (χ4n) is 4.06. The largest absolute Gasteiger partial charge is 0.480 e.